The molecule has 0 aliphatic heterocycles. The van der Waals surface area contributed by atoms with Crippen molar-refractivity contribution in [3.8, 4) is 0 Å². The van der Waals surface area contributed by atoms with Crippen molar-refractivity contribution in [3.63, 3.8) is 0 Å². The molecule has 2 N–H and O–H groups in total. The summed E-state index contributed by atoms with van der Waals surface area (Å²) in [5.74, 6) is -0.321. The van der Waals surface area contributed by atoms with Gasteiger partial charge in [-0.1, -0.05) is 0 Å². The van der Waals surface area contributed by atoms with Crippen molar-refractivity contribution in [2.75, 3.05) is 18.9 Å². The van der Waals surface area contributed by atoms with Gasteiger partial charge in [-0.25, -0.2) is 14.4 Å². The van der Waals surface area contributed by atoms with Crippen molar-refractivity contribution in [2.45, 2.75) is 13.5 Å². The number of hydrogen-bond donors (Lipinski definition) is 2. The summed E-state index contributed by atoms with van der Waals surface area (Å²) in [7, 11) is 1.59. The average Bonchev–Trinajstić information content (AvgIpc) is 2.93. The van der Waals surface area contributed by atoms with Crippen molar-refractivity contribution in [2.24, 2.45) is 0 Å². The molecule has 7 heteroatoms. The molecule has 0 aliphatic carbocycles. The van der Waals surface area contributed by atoms with Crippen LogP contribution in [-0.2, 0) is 6.54 Å². The fourth-order valence-electron chi connectivity index (χ4n) is 1.79. The molecule has 0 aliphatic rings. The van der Waals surface area contributed by atoms with Crippen LogP contribution in [0.15, 0.2) is 24.7 Å². The summed E-state index contributed by atoms with van der Waals surface area (Å²) in [6.07, 6.45) is 4.68. The number of pyridine rings is 1. The van der Waals surface area contributed by atoms with Crippen molar-refractivity contribution < 1.29 is 9.18 Å². The molecule has 2 aromatic heterocycles. The molecule has 0 spiro atoms. The van der Waals surface area contributed by atoms with Gasteiger partial charge >= 0.3 is 0 Å². The van der Waals surface area contributed by atoms with E-state index in [4.69, 9.17) is 0 Å². The van der Waals surface area contributed by atoms with Gasteiger partial charge in [0, 0.05) is 32.2 Å². The van der Waals surface area contributed by atoms with Crippen LogP contribution in [0.5, 0.6) is 0 Å². The fourth-order valence-corrected chi connectivity index (χ4v) is 1.79. The second-order valence-electron chi connectivity index (χ2n) is 4.25. The normalized spacial score (nSPS) is 10.3. The summed E-state index contributed by atoms with van der Waals surface area (Å²) in [5.41, 5.74) is -0.00925. The highest BCUT2D eigenvalue weighted by atomic mass is 19.1. The summed E-state index contributed by atoms with van der Waals surface area (Å²) in [5, 5.41) is 2.78. The van der Waals surface area contributed by atoms with Crippen LogP contribution in [0.4, 0.5) is 10.2 Å². The number of nitrogens with zero attached hydrogens (tertiary/aromatic N) is 3. The number of rotatable bonds is 5. The second kappa shape index (κ2) is 6.14. The number of aromatic nitrogens is 3. The molecule has 0 radical (unpaired) electrons. The van der Waals surface area contributed by atoms with Crippen LogP contribution < -0.4 is 5.32 Å². The molecular weight excluding hydrogens is 261 g/mol. The Balaban J connectivity index is 2.18. The number of nitrogens with one attached hydrogen (secondary N) is 2. The average molecular weight is 277 g/mol. The predicted octanol–water partition coefficient (Wildman–Crippen LogP) is 1.65. The van der Waals surface area contributed by atoms with E-state index in [0.29, 0.717) is 12.4 Å². The topological polar surface area (TPSA) is 73.9 Å². The predicted molar refractivity (Wildman–Crippen MR) is 72.7 cm³/mol. The van der Waals surface area contributed by atoms with E-state index in [1.807, 2.05) is 6.92 Å². The zero-order valence-corrected chi connectivity index (χ0v) is 11.4. The minimum absolute atomic E-state index is 0.00925. The lowest BCUT2D eigenvalue weighted by atomic mass is 10.2. The molecule has 20 heavy (non-hydrogen) atoms. The first-order valence-electron chi connectivity index (χ1n) is 6.25. The Bertz CT molecular complexity index is 584. The van der Waals surface area contributed by atoms with Crippen molar-refractivity contribution in [1.82, 2.24) is 19.9 Å². The van der Waals surface area contributed by atoms with Crippen LogP contribution in [0.25, 0.3) is 0 Å². The highest BCUT2D eigenvalue weighted by Gasteiger charge is 2.19. The summed E-state index contributed by atoms with van der Waals surface area (Å²) in [6.45, 7) is 2.65. The molecule has 2 aromatic rings. The standard InChI is InChI=1S/C13H16FN5O/c1-3-15-12-11(14)9(4-5-18-12)13(20)19(2)8-10-16-6-7-17-10/h4-7H,3,8H2,1-2H3,(H,15,18)(H,16,17). The molecule has 0 atom stereocenters. The molecule has 106 valence electrons. The van der Waals surface area contributed by atoms with Gasteiger partial charge in [-0.15, -0.1) is 0 Å². The van der Waals surface area contributed by atoms with Crippen molar-refractivity contribution in [1.29, 1.82) is 0 Å². The monoisotopic (exact) mass is 277 g/mol. The summed E-state index contributed by atoms with van der Waals surface area (Å²) in [4.78, 5) is 24.4. The van der Waals surface area contributed by atoms with E-state index in [-0.39, 0.29) is 17.9 Å². The molecule has 2 rings (SSSR count). The first-order chi connectivity index (χ1) is 9.63. The molecule has 0 fully saturated rings. The summed E-state index contributed by atoms with van der Waals surface area (Å²) >= 11 is 0. The summed E-state index contributed by atoms with van der Waals surface area (Å²) < 4.78 is 14.2. The SMILES string of the molecule is CCNc1nccc(C(=O)N(C)Cc2ncc[nH]2)c1F. The third kappa shape index (κ3) is 2.93. The number of imidazole rings is 1. The molecule has 2 heterocycles. The highest BCUT2D eigenvalue weighted by Crippen LogP contribution is 2.16. The van der Waals surface area contributed by atoms with Gasteiger partial charge in [0.05, 0.1) is 12.1 Å². The minimum Gasteiger partial charge on any atom is -0.368 e. The maximum absolute atomic E-state index is 14.2. The van der Waals surface area contributed by atoms with Crippen LogP contribution in [0.2, 0.25) is 0 Å². The molecule has 1 amide bonds. The lowest BCUT2D eigenvalue weighted by molar-refractivity contribution is 0.0777. The lowest BCUT2D eigenvalue weighted by Crippen LogP contribution is -2.28. The van der Waals surface area contributed by atoms with Crippen LogP contribution in [-0.4, -0.2) is 39.4 Å². The van der Waals surface area contributed by atoms with Gasteiger partial charge in [0.15, 0.2) is 11.6 Å². The number of hydrogen-bond acceptors (Lipinski definition) is 4. The zero-order valence-electron chi connectivity index (χ0n) is 11.4. The van der Waals surface area contributed by atoms with E-state index in [9.17, 15) is 9.18 Å². The molecule has 0 aromatic carbocycles. The van der Waals surface area contributed by atoms with E-state index in [1.165, 1.54) is 17.2 Å². The quantitative estimate of drug-likeness (QED) is 0.871. The van der Waals surface area contributed by atoms with Crippen molar-refractivity contribution >= 4 is 11.7 Å². The van der Waals surface area contributed by atoms with Gasteiger partial charge < -0.3 is 15.2 Å². The van der Waals surface area contributed by atoms with Crippen LogP contribution in [0.3, 0.4) is 0 Å². The first kappa shape index (κ1) is 14.0. The Labute approximate surface area is 116 Å². The van der Waals surface area contributed by atoms with E-state index in [2.05, 4.69) is 20.3 Å². The minimum atomic E-state index is -0.634. The van der Waals surface area contributed by atoms with Gasteiger partial charge in [0.25, 0.3) is 5.91 Å². The number of halogens is 1. The molecule has 0 saturated carbocycles. The van der Waals surface area contributed by atoms with Crippen molar-refractivity contribution in [3.05, 3.63) is 41.9 Å². The molecule has 0 saturated heterocycles. The fraction of sp³-hybridized carbons (Fsp3) is 0.308. The largest absolute Gasteiger partial charge is 0.368 e. The van der Waals surface area contributed by atoms with Gasteiger partial charge in [-0.3, -0.25) is 4.79 Å². The van der Waals surface area contributed by atoms with Crippen LogP contribution in [0.1, 0.15) is 23.1 Å². The Hall–Kier alpha value is -2.44. The number of aromatic amines is 1. The Morgan fingerprint density at radius 1 is 1.45 bits per heavy atom. The number of H-pyrrole nitrogens is 1. The molecule has 6 nitrogen and oxygen atoms in total. The van der Waals surface area contributed by atoms with Gasteiger partial charge in [-0.2, -0.15) is 0 Å². The number of carbonyl (C=O) groups is 1. The maximum Gasteiger partial charge on any atom is 0.257 e. The smallest absolute Gasteiger partial charge is 0.257 e. The van der Waals surface area contributed by atoms with Crippen LogP contribution in [0, 0.1) is 5.82 Å². The summed E-state index contributed by atoms with van der Waals surface area (Å²) in [6, 6.07) is 1.37. The second-order valence-corrected chi connectivity index (χ2v) is 4.25. The highest BCUT2D eigenvalue weighted by molar-refractivity contribution is 5.95. The Kier molecular flexibility index (Phi) is 4.29. The maximum atomic E-state index is 14.2. The van der Waals surface area contributed by atoms with Crippen LogP contribution >= 0.6 is 0 Å². The third-order valence-electron chi connectivity index (χ3n) is 2.75. The Morgan fingerprint density at radius 2 is 2.25 bits per heavy atom. The first-order valence-corrected chi connectivity index (χ1v) is 6.25. The number of amides is 1. The molecule has 0 bridgehead atoms. The number of carbonyl (C=O) groups excluding carboxylic acids is 1. The van der Waals surface area contributed by atoms with E-state index < -0.39 is 11.7 Å². The van der Waals surface area contributed by atoms with E-state index >= 15 is 0 Å². The van der Waals surface area contributed by atoms with Gasteiger partial charge in [0.1, 0.15) is 5.82 Å². The lowest BCUT2D eigenvalue weighted by Gasteiger charge is -2.17. The third-order valence-corrected chi connectivity index (χ3v) is 2.75. The van der Waals surface area contributed by atoms with Gasteiger partial charge in [-0.05, 0) is 13.0 Å². The molecular formula is C13H16FN5O. The number of anilines is 1. The zero-order chi connectivity index (χ0) is 14.5. The Morgan fingerprint density at radius 3 is 2.90 bits per heavy atom. The van der Waals surface area contributed by atoms with E-state index in [1.54, 1.807) is 19.4 Å². The van der Waals surface area contributed by atoms with Gasteiger partial charge in [0.2, 0.25) is 0 Å². The molecule has 0 unspecified atom stereocenters. The van der Waals surface area contributed by atoms with E-state index in [0.717, 1.165) is 0 Å².